The number of thiazole rings is 1. The summed E-state index contributed by atoms with van der Waals surface area (Å²) in [5.41, 5.74) is 4.77. The molecule has 0 saturated heterocycles. The van der Waals surface area contributed by atoms with E-state index in [1.165, 1.54) is 16.9 Å². The molecule has 41 heavy (non-hydrogen) atoms. The maximum Gasteiger partial charge on any atom is 0.257 e. The van der Waals surface area contributed by atoms with Gasteiger partial charge in [-0.25, -0.2) is 4.98 Å². The van der Waals surface area contributed by atoms with Crippen molar-refractivity contribution in [2.45, 2.75) is 49.1 Å². The molecule has 1 aliphatic carbocycles. The van der Waals surface area contributed by atoms with Gasteiger partial charge in [-0.1, -0.05) is 53.8 Å². The van der Waals surface area contributed by atoms with Crippen LogP contribution in [-0.4, -0.2) is 48.1 Å². The first-order chi connectivity index (χ1) is 19.9. The first kappa shape index (κ1) is 31.1. The summed E-state index contributed by atoms with van der Waals surface area (Å²) in [5, 5.41) is 15.4. The van der Waals surface area contributed by atoms with Gasteiger partial charge >= 0.3 is 0 Å². The Morgan fingerprint density at radius 3 is 2.54 bits per heavy atom. The van der Waals surface area contributed by atoms with Crippen molar-refractivity contribution in [1.29, 1.82) is 0 Å². The van der Waals surface area contributed by atoms with Gasteiger partial charge in [-0.15, -0.1) is 11.8 Å². The van der Waals surface area contributed by atoms with Crippen molar-refractivity contribution in [3.05, 3.63) is 89.1 Å². The molecule has 0 spiro atoms. The molecule has 1 amide bonds. The van der Waals surface area contributed by atoms with Crippen molar-refractivity contribution in [3.8, 4) is 0 Å². The first-order valence-corrected chi connectivity index (χ1v) is 15.9. The Balaban J connectivity index is 1.22. The van der Waals surface area contributed by atoms with Crippen molar-refractivity contribution in [3.63, 3.8) is 0 Å². The lowest BCUT2D eigenvalue weighted by molar-refractivity contribution is 0.0877. The maximum atomic E-state index is 13.1. The number of hydrogen-bond donors (Lipinski definition) is 3. The molecule has 3 N–H and O–H groups in total. The van der Waals surface area contributed by atoms with E-state index < -0.39 is 0 Å². The highest BCUT2D eigenvalue weighted by Gasteiger charge is 2.27. The van der Waals surface area contributed by atoms with Crippen molar-refractivity contribution in [2.75, 3.05) is 31.7 Å². The molecular weight excluding hydrogens is 555 g/mol. The quantitative estimate of drug-likeness (QED) is 0.0817. The molecule has 1 heterocycles. The fourth-order valence-electron chi connectivity index (χ4n) is 4.92. The number of aromatic nitrogens is 1. The van der Waals surface area contributed by atoms with E-state index in [1.54, 1.807) is 30.1 Å². The first-order valence-electron chi connectivity index (χ1n) is 14.1. The van der Waals surface area contributed by atoms with Gasteiger partial charge in [0, 0.05) is 35.9 Å². The molecule has 0 aliphatic heterocycles. The smallest absolute Gasteiger partial charge is 0.257 e. The predicted molar refractivity (Wildman–Crippen MR) is 167 cm³/mol. The number of Topliss-reactive ketones (excluding diaryl/α,β-unsaturated/α-hetero) is 1. The summed E-state index contributed by atoms with van der Waals surface area (Å²) in [4.78, 5) is 30.2. The predicted octanol–water partition coefficient (Wildman–Crippen LogP) is 6.35. The average Bonchev–Trinajstić information content (AvgIpc) is 3.45. The van der Waals surface area contributed by atoms with Crippen molar-refractivity contribution in [2.24, 2.45) is 11.8 Å². The number of ketones is 1. The molecule has 0 atom stereocenters. The van der Waals surface area contributed by atoms with Crippen molar-refractivity contribution < 1.29 is 19.4 Å². The van der Waals surface area contributed by atoms with E-state index >= 15 is 0 Å². The Bertz CT molecular complexity index is 1300. The number of benzene rings is 2. The topological polar surface area (TPSA) is 101 Å². The van der Waals surface area contributed by atoms with Crippen LogP contribution in [-0.2, 0) is 17.0 Å². The van der Waals surface area contributed by atoms with Crippen molar-refractivity contribution in [1.82, 2.24) is 10.3 Å². The number of aliphatic hydroxyl groups excluding tert-OH is 1. The van der Waals surface area contributed by atoms with Crippen molar-refractivity contribution >= 4 is 39.9 Å². The average molecular weight is 594 g/mol. The Kier molecular flexibility index (Phi) is 12.1. The Hall–Kier alpha value is -2.82. The molecule has 0 unspecified atom stereocenters. The summed E-state index contributed by atoms with van der Waals surface area (Å²) in [5.74, 6) is 1.45. The summed E-state index contributed by atoms with van der Waals surface area (Å²) in [6.07, 6.45) is 5.76. The van der Waals surface area contributed by atoms with Crippen LogP contribution in [0.4, 0.5) is 5.13 Å². The van der Waals surface area contributed by atoms with Gasteiger partial charge in [-0.05, 0) is 67.9 Å². The summed E-state index contributed by atoms with van der Waals surface area (Å²) in [6.45, 7) is 8.46. The number of aliphatic hydroxyl groups is 1. The lowest BCUT2D eigenvalue weighted by atomic mass is 9.76. The Morgan fingerprint density at radius 1 is 1.05 bits per heavy atom. The van der Waals surface area contributed by atoms with Gasteiger partial charge < -0.3 is 15.2 Å². The normalized spacial score (nSPS) is 16.8. The third-order valence-corrected chi connectivity index (χ3v) is 9.48. The largest absolute Gasteiger partial charge is 0.394 e. The van der Waals surface area contributed by atoms with Crippen LogP contribution >= 0.6 is 23.1 Å². The van der Waals surface area contributed by atoms with Gasteiger partial charge in [0.2, 0.25) is 0 Å². The van der Waals surface area contributed by atoms with Gasteiger partial charge in [0.25, 0.3) is 5.91 Å². The molecule has 1 aliphatic rings. The summed E-state index contributed by atoms with van der Waals surface area (Å²) >= 11 is 3.09. The molecule has 1 saturated carbocycles. The zero-order chi connectivity index (χ0) is 29.0. The van der Waals surface area contributed by atoms with Crippen LogP contribution in [0.1, 0.15) is 64.4 Å². The van der Waals surface area contributed by atoms with E-state index in [1.807, 2.05) is 30.3 Å². The highest BCUT2D eigenvalue weighted by atomic mass is 32.2. The molecule has 3 aromatic rings. The van der Waals surface area contributed by atoms with Crippen LogP contribution < -0.4 is 10.6 Å². The second kappa shape index (κ2) is 16.0. The van der Waals surface area contributed by atoms with E-state index in [0.29, 0.717) is 42.9 Å². The number of anilines is 1. The summed E-state index contributed by atoms with van der Waals surface area (Å²) in [6, 6.07) is 15.4. The van der Waals surface area contributed by atoms with Gasteiger partial charge in [0.15, 0.2) is 10.9 Å². The fraction of sp³-hybridized carbons (Fsp3) is 0.406. The molecule has 4 rings (SSSR count). The lowest BCUT2D eigenvalue weighted by Gasteiger charge is -2.28. The third kappa shape index (κ3) is 9.61. The van der Waals surface area contributed by atoms with Crippen LogP contribution in [0.5, 0.6) is 0 Å². The van der Waals surface area contributed by atoms with E-state index in [-0.39, 0.29) is 24.2 Å². The second-order valence-electron chi connectivity index (χ2n) is 10.4. The SMILES string of the molecule is C=C(C)C1CCC(C(=O)c2cccc(CSc3cnc(NC(=O)c4ccc(CNCCOCCO)cc4)s3)c2)CC1. The number of nitrogens with zero attached hydrogens (tertiary/aromatic N) is 1. The van der Waals surface area contributed by atoms with Crippen LogP contribution in [0.25, 0.3) is 0 Å². The molecule has 0 bridgehead atoms. The van der Waals surface area contributed by atoms with Crippen LogP contribution in [0, 0.1) is 11.8 Å². The third-order valence-electron chi connectivity index (χ3n) is 7.30. The van der Waals surface area contributed by atoms with E-state index in [0.717, 1.165) is 52.3 Å². The second-order valence-corrected chi connectivity index (χ2v) is 12.7. The standard InChI is InChI=1S/C32H39N3O4S2/c1-22(2)25-10-12-26(13-11-25)30(37)28-5-3-4-24(18-28)21-40-29-20-34-32(41-29)35-31(38)27-8-6-23(7-9-27)19-33-14-16-39-17-15-36/h3-9,18,20,25-26,33,36H,1,10-17,19,21H2,2H3,(H,34,35,38). The molecular formula is C32H39N3O4S2. The van der Waals surface area contributed by atoms with Gasteiger partial charge in [-0.2, -0.15) is 0 Å². The van der Waals surface area contributed by atoms with Crippen LogP contribution in [0.15, 0.2) is 71.1 Å². The molecule has 9 heteroatoms. The number of rotatable bonds is 15. The monoisotopic (exact) mass is 593 g/mol. The number of thioether (sulfide) groups is 1. The van der Waals surface area contributed by atoms with Crippen LogP contribution in [0.3, 0.4) is 0 Å². The molecule has 1 aromatic heterocycles. The van der Waals surface area contributed by atoms with Crippen LogP contribution in [0.2, 0.25) is 0 Å². The lowest BCUT2D eigenvalue weighted by Crippen LogP contribution is -2.22. The highest BCUT2D eigenvalue weighted by molar-refractivity contribution is 8.00. The fourth-order valence-corrected chi connectivity index (χ4v) is 6.73. The number of ether oxygens (including phenoxy) is 1. The number of carbonyl (C=O) groups is 2. The molecule has 7 nitrogen and oxygen atoms in total. The zero-order valence-corrected chi connectivity index (χ0v) is 25.2. The Labute approximate surface area is 250 Å². The highest BCUT2D eigenvalue weighted by Crippen LogP contribution is 2.35. The summed E-state index contributed by atoms with van der Waals surface area (Å²) in [7, 11) is 0. The molecule has 1 fully saturated rings. The molecule has 0 radical (unpaired) electrons. The number of hydrogen-bond acceptors (Lipinski definition) is 8. The number of carbonyl (C=O) groups excluding carboxylic acids is 2. The van der Waals surface area contributed by atoms with Gasteiger partial charge in [-0.3, -0.25) is 14.9 Å². The van der Waals surface area contributed by atoms with E-state index in [4.69, 9.17) is 9.84 Å². The summed E-state index contributed by atoms with van der Waals surface area (Å²) < 4.78 is 6.22. The number of allylic oxidation sites excluding steroid dienone is 1. The van der Waals surface area contributed by atoms with E-state index in [2.05, 4.69) is 35.2 Å². The Morgan fingerprint density at radius 2 is 1.80 bits per heavy atom. The van der Waals surface area contributed by atoms with Gasteiger partial charge in [0.1, 0.15) is 0 Å². The minimum absolute atomic E-state index is 0.0278. The van der Waals surface area contributed by atoms with E-state index in [9.17, 15) is 9.59 Å². The molecule has 218 valence electrons. The maximum absolute atomic E-state index is 13.1. The minimum Gasteiger partial charge on any atom is -0.394 e. The number of amides is 1. The zero-order valence-electron chi connectivity index (χ0n) is 23.6. The minimum atomic E-state index is -0.198. The molecule has 2 aromatic carbocycles. The number of nitrogens with one attached hydrogen (secondary N) is 2. The van der Waals surface area contributed by atoms with Gasteiger partial charge in [0.05, 0.1) is 30.2 Å².